The molecule has 0 atom stereocenters. The van der Waals surface area contributed by atoms with E-state index < -0.39 is 0 Å². The van der Waals surface area contributed by atoms with Crippen molar-refractivity contribution in [2.24, 2.45) is 0 Å². The second-order valence-corrected chi connectivity index (χ2v) is 4.34. The molecule has 82 valence electrons. The van der Waals surface area contributed by atoms with Gasteiger partial charge < -0.3 is 10.2 Å². The maximum Gasteiger partial charge on any atom is 0.0384 e. The summed E-state index contributed by atoms with van der Waals surface area (Å²) < 4.78 is 0. The Bertz CT molecular complexity index is 318. The zero-order valence-electron chi connectivity index (χ0n) is 9.66. The standard InChI is InChI=1S/C13H20N2/c1-3-15(2)13-9-5-8-12(10-13)14-11-6-4-7-11/h5,8-11,14H,3-4,6-7H2,1-2H3. The van der Waals surface area contributed by atoms with Crippen LogP contribution in [0, 0.1) is 0 Å². The number of nitrogens with zero attached hydrogens (tertiary/aromatic N) is 1. The molecule has 2 rings (SSSR count). The highest BCUT2D eigenvalue weighted by atomic mass is 15.1. The van der Waals surface area contributed by atoms with Gasteiger partial charge in [-0.3, -0.25) is 0 Å². The topological polar surface area (TPSA) is 15.3 Å². The maximum atomic E-state index is 3.57. The number of rotatable bonds is 4. The van der Waals surface area contributed by atoms with Gasteiger partial charge in [0, 0.05) is 31.0 Å². The summed E-state index contributed by atoms with van der Waals surface area (Å²) in [7, 11) is 2.13. The van der Waals surface area contributed by atoms with E-state index in [0.29, 0.717) is 6.04 Å². The van der Waals surface area contributed by atoms with Crippen molar-refractivity contribution >= 4 is 11.4 Å². The summed E-state index contributed by atoms with van der Waals surface area (Å²) in [5.74, 6) is 0. The molecular weight excluding hydrogens is 184 g/mol. The molecule has 1 aliphatic carbocycles. The van der Waals surface area contributed by atoms with Crippen molar-refractivity contribution in [2.45, 2.75) is 32.2 Å². The number of hydrogen-bond donors (Lipinski definition) is 1. The fourth-order valence-corrected chi connectivity index (χ4v) is 1.80. The van der Waals surface area contributed by atoms with Crippen LogP contribution in [0.1, 0.15) is 26.2 Å². The molecule has 0 spiro atoms. The van der Waals surface area contributed by atoms with Crippen LogP contribution in [0.15, 0.2) is 24.3 Å². The lowest BCUT2D eigenvalue weighted by Gasteiger charge is -2.28. The maximum absolute atomic E-state index is 3.57. The van der Waals surface area contributed by atoms with Crippen LogP contribution in [0.3, 0.4) is 0 Å². The molecule has 1 aromatic rings. The Balaban J connectivity index is 2.04. The third kappa shape index (κ3) is 2.44. The summed E-state index contributed by atoms with van der Waals surface area (Å²) in [6, 6.07) is 9.40. The minimum Gasteiger partial charge on any atom is -0.382 e. The minimum absolute atomic E-state index is 0.715. The van der Waals surface area contributed by atoms with Crippen molar-refractivity contribution in [1.29, 1.82) is 0 Å². The Morgan fingerprint density at radius 1 is 1.40 bits per heavy atom. The van der Waals surface area contributed by atoms with E-state index >= 15 is 0 Å². The van der Waals surface area contributed by atoms with Gasteiger partial charge in [-0.1, -0.05) is 6.07 Å². The van der Waals surface area contributed by atoms with Gasteiger partial charge in [0.2, 0.25) is 0 Å². The smallest absolute Gasteiger partial charge is 0.0384 e. The first-order chi connectivity index (χ1) is 7.29. The Morgan fingerprint density at radius 2 is 2.20 bits per heavy atom. The van der Waals surface area contributed by atoms with Crippen molar-refractivity contribution in [3.05, 3.63) is 24.3 Å². The summed E-state index contributed by atoms with van der Waals surface area (Å²) in [5.41, 5.74) is 2.55. The Labute approximate surface area is 92.3 Å². The number of nitrogens with one attached hydrogen (secondary N) is 1. The minimum atomic E-state index is 0.715. The molecule has 15 heavy (non-hydrogen) atoms. The van der Waals surface area contributed by atoms with Crippen LogP contribution < -0.4 is 10.2 Å². The monoisotopic (exact) mass is 204 g/mol. The van der Waals surface area contributed by atoms with Gasteiger partial charge in [0.25, 0.3) is 0 Å². The Morgan fingerprint density at radius 3 is 2.80 bits per heavy atom. The second kappa shape index (κ2) is 4.56. The molecule has 1 fully saturated rings. The van der Waals surface area contributed by atoms with E-state index in [0.717, 1.165) is 6.54 Å². The molecule has 2 nitrogen and oxygen atoms in total. The highest BCUT2D eigenvalue weighted by molar-refractivity contribution is 5.58. The predicted molar refractivity (Wildman–Crippen MR) is 66.6 cm³/mol. The fraction of sp³-hybridized carbons (Fsp3) is 0.538. The molecule has 0 radical (unpaired) electrons. The second-order valence-electron chi connectivity index (χ2n) is 4.34. The van der Waals surface area contributed by atoms with E-state index in [-0.39, 0.29) is 0 Å². The zero-order valence-corrected chi connectivity index (χ0v) is 9.66. The van der Waals surface area contributed by atoms with Crippen LogP contribution in [0.2, 0.25) is 0 Å². The lowest BCUT2D eigenvalue weighted by Crippen LogP contribution is -2.27. The summed E-state index contributed by atoms with van der Waals surface area (Å²) in [6.45, 7) is 3.22. The zero-order chi connectivity index (χ0) is 10.7. The molecule has 0 unspecified atom stereocenters. The first kappa shape index (κ1) is 10.3. The molecule has 1 aliphatic rings. The highest BCUT2D eigenvalue weighted by Crippen LogP contribution is 2.25. The lowest BCUT2D eigenvalue weighted by molar-refractivity contribution is 0.445. The molecule has 2 heteroatoms. The van der Waals surface area contributed by atoms with E-state index in [1.807, 2.05) is 0 Å². The van der Waals surface area contributed by atoms with Crippen LogP contribution in [0.25, 0.3) is 0 Å². The summed E-state index contributed by atoms with van der Waals surface area (Å²) in [6.07, 6.45) is 4.04. The van der Waals surface area contributed by atoms with E-state index in [2.05, 4.69) is 48.5 Å². The van der Waals surface area contributed by atoms with Crippen LogP contribution in [-0.4, -0.2) is 19.6 Å². The van der Waals surface area contributed by atoms with Gasteiger partial charge >= 0.3 is 0 Å². The van der Waals surface area contributed by atoms with Gasteiger partial charge in [-0.25, -0.2) is 0 Å². The number of benzene rings is 1. The summed E-state index contributed by atoms with van der Waals surface area (Å²) >= 11 is 0. The average molecular weight is 204 g/mol. The highest BCUT2D eigenvalue weighted by Gasteiger charge is 2.16. The largest absolute Gasteiger partial charge is 0.382 e. The first-order valence-corrected chi connectivity index (χ1v) is 5.87. The van der Waals surface area contributed by atoms with Crippen molar-refractivity contribution < 1.29 is 0 Å². The van der Waals surface area contributed by atoms with Crippen LogP contribution >= 0.6 is 0 Å². The van der Waals surface area contributed by atoms with Gasteiger partial charge in [0.1, 0.15) is 0 Å². The fourth-order valence-electron chi connectivity index (χ4n) is 1.80. The molecule has 0 saturated heterocycles. The van der Waals surface area contributed by atoms with Gasteiger partial charge in [-0.2, -0.15) is 0 Å². The average Bonchev–Trinajstić information content (AvgIpc) is 2.23. The third-order valence-corrected chi connectivity index (χ3v) is 3.24. The lowest BCUT2D eigenvalue weighted by atomic mass is 9.93. The molecular formula is C13H20N2. The van der Waals surface area contributed by atoms with Crippen molar-refractivity contribution in [3.8, 4) is 0 Å². The van der Waals surface area contributed by atoms with E-state index in [4.69, 9.17) is 0 Å². The third-order valence-electron chi connectivity index (χ3n) is 3.24. The van der Waals surface area contributed by atoms with Gasteiger partial charge in [0.05, 0.1) is 0 Å². The molecule has 0 heterocycles. The molecule has 0 bridgehead atoms. The SMILES string of the molecule is CCN(C)c1cccc(NC2CCC2)c1. The van der Waals surface area contributed by atoms with Crippen LogP contribution in [-0.2, 0) is 0 Å². The van der Waals surface area contributed by atoms with Crippen molar-refractivity contribution in [1.82, 2.24) is 0 Å². The number of anilines is 2. The van der Waals surface area contributed by atoms with Gasteiger partial charge in [0.15, 0.2) is 0 Å². The van der Waals surface area contributed by atoms with Gasteiger partial charge in [-0.05, 0) is 44.4 Å². The quantitative estimate of drug-likeness (QED) is 0.810. The Kier molecular flexibility index (Phi) is 3.14. The van der Waals surface area contributed by atoms with E-state index in [9.17, 15) is 0 Å². The van der Waals surface area contributed by atoms with Gasteiger partial charge in [-0.15, -0.1) is 0 Å². The molecule has 0 aliphatic heterocycles. The molecule has 1 aromatic carbocycles. The Hall–Kier alpha value is -1.18. The predicted octanol–water partition coefficient (Wildman–Crippen LogP) is 3.11. The van der Waals surface area contributed by atoms with Crippen LogP contribution in [0.4, 0.5) is 11.4 Å². The van der Waals surface area contributed by atoms with Crippen molar-refractivity contribution in [3.63, 3.8) is 0 Å². The van der Waals surface area contributed by atoms with Crippen LogP contribution in [0.5, 0.6) is 0 Å². The number of hydrogen-bond acceptors (Lipinski definition) is 2. The van der Waals surface area contributed by atoms with Crippen molar-refractivity contribution in [2.75, 3.05) is 23.8 Å². The summed E-state index contributed by atoms with van der Waals surface area (Å²) in [5, 5.41) is 3.57. The molecule has 1 saturated carbocycles. The normalized spacial score (nSPS) is 15.9. The molecule has 0 aromatic heterocycles. The van der Waals surface area contributed by atoms with E-state index in [1.165, 1.54) is 30.6 Å². The molecule has 1 N–H and O–H groups in total. The summed E-state index contributed by atoms with van der Waals surface area (Å²) in [4.78, 5) is 2.26. The first-order valence-electron chi connectivity index (χ1n) is 5.87. The van der Waals surface area contributed by atoms with E-state index in [1.54, 1.807) is 0 Å². The molecule has 0 amide bonds.